The lowest BCUT2D eigenvalue weighted by atomic mass is 10.2. The fourth-order valence-corrected chi connectivity index (χ4v) is 3.93. The van der Waals surface area contributed by atoms with Crippen molar-refractivity contribution in [3.8, 4) is 10.8 Å². The Morgan fingerprint density at radius 3 is 2.64 bits per heavy atom. The molecule has 0 N–H and O–H groups in total. The Labute approximate surface area is 163 Å². The van der Waals surface area contributed by atoms with Gasteiger partial charge in [0.05, 0.1) is 27.3 Å². The van der Waals surface area contributed by atoms with Crippen molar-refractivity contribution in [2.45, 2.75) is 6.92 Å². The number of aryl methyl sites for hydroxylation is 1. The zero-order valence-corrected chi connectivity index (χ0v) is 15.7. The van der Waals surface area contributed by atoms with Crippen molar-refractivity contribution < 1.29 is 4.42 Å². The SMILES string of the molecule is Cc1nc2ccccc2c(=O)n1/N=C\c1ccc(-c2nc3ccccc3s2)o1. The van der Waals surface area contributed by atoms with E-state index in [1.54, 1.807) is 30.4 Å². The largest absolute Gasteiger partial charge is 0.453 e. The highest BCUT2D eigenvalue weighted by Crippen LogP contribution is 2.30. The molecule has 0 spiro atoms. The van der Waals surface area contributed by atoms with Crippen molar-refractivity contribution in [2.75, 3.05) is 0 Å². The first-order valence-corrected chi connectivity index (χ1v) is 9.49. The van der Waals surface area contributed by atoms with Gasteiger partial charge in [-0.15, -0.1) is 11.3 Å². The number of benzene rings is 2. The highest BCUT2D eigenvalue weighted by Gasteiger charge is 2.10. The van der Waals surface area contributed by atoms with Crippen LogP contribution in [0.4, 0.5) is 0 Å². The third-order valence-electron chi connectivity index (χ3n) is 4.35. The minimum atomic E-state index is -0.211. The molecular formula is C21H14N4O2S. The number of para-hydroxylation sites is 2. The van der Waals surface area contributed by atoms with Crippen LogP contribution in [0.15, 0.2) is 75.0 Å². The molecule has 0 saturated carbocycles. The van der Waals surface area contributed by atoms with Crippen LogP contribution in [0.3, 0.4) is 0 Å². The van der Waals surface area contributed by atoms with Gasteiger partial charge in [-0.3, -0.25) is 4.79 Å². The van der Waals surface area contributed by atoms with Crippen LogP contribution in [0.25, 0.3) is 31.9 Å². The molecule has 2 aromatic carbocycles. The summed E-state index contributed by atoms with van der Waals surface area (Å²) in [5.41, 5.74) is 1.39. The van der Waals surface area contributed by atoms with Crippen molar-refractivity contribution in [3.05, 3.63) is 82.6 Å². The minimum absolute atomic E-state index is 0.211. The quantitative estimate of drug-likeness (QED) is 0.429. The molecule has 0 bridgehead atoms. The molecule has 5 rings (SSSR count). The van der Waals surface area contributed by atoms with Crippen molar-refractivity contribution in [3.63, 3.8) is 0 Å². The Kier molecular flexibility index (Phi) is 3.87. The van der Waals surface area contributed by atoms with Crippen LogP contribution < -0.4 is 5.56 Å². The third kappa shape index (κ3) is 2.82. The van der Waals surface area contributed by atoms with Gasteiger partial charge in [-0.05, 0) is 43.3 Å². The van der Waals surface area contributed by atoms with E-state index < -0.39 is 0 Å². The Balaban J connectivity index is 1.50. The van der Waals surface area contributed by atoms with Crippen LogP contribution >= 0.6 is 11.3 Å². The van der Waals surface area contributed by atoms with Crippen LogP contribution in [0, 0.1) is 6.92 Å². The molecule has 0 unspecified atom stereocenters. The van der Waals surface area contributed by atoms with Gasteiger partial charge in [-0.25, -0.2) is 9.97 Å². The lowest BCUT2D eigenvalue weighted by Gasteiger charge is -2.04. The first-order valence-electron chi connectivity index (χ1n) is 8.67. The molecule has 0 radical (unpaired) electrons. The van der Waals surface area contributed by atoms with E-state index in [0.29, 0.717) is 28.2 Å². The van der Waals surface area contributed by atoms with Crippen molar-refractivity contribution >= 4 is 38.7 Å². The molecule has 0 aliphatic rings. The molecule has 0 amide bonds. The van der Waals surface area contributed by atoms with Gasteiger partial charge in [0, 0.05) is 0 Å². The Hall–Kier alpha value is -3.58. The average molecular weight is 386 g/mol. The van der Waals surface area contributed by atoms with Gasteiger partial charge in [0.2, 0.25) is 0 Å². The molecule has 3 heterocycles. The van der Waals surface area contributed by atoms with E-state index in [-0.39, 0.29) is 5.56 Å². The van der Waals surface area contributed by atoms with Crippen molar-refractivity contribution in [1.29, 1.82) is 0 Å². The van der Waals surface area contributed by atoms with E-state index in [1.807, 2.05) is 48.5 Å². The van der Waals surface area contributed by atoms with Gasteiger partial charge in [0.1, 0.15) is 11.6 Å². The van der Waals surface area contributed by atoms with Gasteiger partial charge < -0.3 is 4.42 Å². The normalized spacial score (nSPS) is 11.8. The second-order valence-electron chi connectivity index (χ2n) is 6.23. The molecule has 0 aliphatic carbocycles. The van der Waals surface area contributed by atoms with E-state index in [4.69, 9.17) is 4.42 Å². The summed E-state index contributed by atoms with van der Waals surface area (Å²) in [6.45, 7) is 1.75. The topological polar surface area (TPSA) is 73.3 Å². The van der Waals surface area contributed by atoms with E-state index in [9.17, 15) is 4.79 Å². The van der Waals surface area contributed by atoms with E-state index in [1.165, 1.54) is 10.9 Å². The molecular weight excluding hydrogens is 372 g/mol. The van der Waals surface area contributed by atoms with Crippen molar-refractivity contribution in [2.24, 2.45) is 5.10 Å². The molecule has 0 atom stereocenters. The zero-order chi connectivity index (χ0) is 19.1. The number of hydrogen-bond donors (Lipinski definition) is 0. The fourth-order valence-electron chi connectivity index (χ4n) is 3.00. The first kappa shape index (κ1) is 16.6. The Bertz CT molecular complexity index is 1380. The van der Waals surface area contributed by atoms with Gasteiger partial charge >= 0.3 is 0 Å². The summed E-state index contributed by atoms with van der Waals surface area (Å²) in [7, 11) is 0. The summed E-state index contributed by atoms with van der Waals surface area (Å²) in [5.74, 6) is 1.72. The highest BCUT2D eigenvalue weighted by atomic mass is 32.1. The highest BCUT2D eigenvalue weighted by molar-refractivity contribution is 7.21. The van der Waals surface area contributed by atoms with E-state index in [0.717, 1.165) is 15.2 Å². The fraction of sp³-hybridized carbons (Fsp3) is 0.0476. The number of aromatic nitrogens is 3. The van der Waals surface area contributed by atoms with E-state index >= 15 is 0 Å². The smallest absolute Gasteiger partial charge is 0.282 e. The van der Waals surface area contributed by atoms with Crippen LogP contribution in [0.1, 0.15) is 11.6 Å². The second kappa shape index (κ2) is 6.54. The average Bonchev–Trinajstić information content (AvgIpc) is 3.34. The summed E-state index contributed by atoms with van der Waals surface area (Å²) in [6, 6.07) is 18.8. The Morgan fingerprint density at radius 1 is 1.00 bits per heavy atom. The zero-order valence-electron chi connectivity index (χ0n) is 14.9. The maximum atomic E-state index is 12.7. The number of rotatable bonds is 3. The maximum absolute atomic E-state index is 12.7. The number of thiazole rings is 1. The molecule has 5 aromatic rings. The van der Waals surface area contributed by atoms with Crippen LogP contribution in [-0.4, -0.2) is 20.9 Å². The Morgan fingerprint density at radius 2 is 1.79 bits per heavy atom. The van der Waals surface area contributed by atoms with Gasteiger partial charge in [0.15, 0.2) is 10.8 Å². The second-order valence-corrected chi connectivity index (χ2v) is 7.26. The lowest BCUT2D eigenvalue weighted by Crippen LogP contribution is -2.20. The molecule has 0 aliphatic heterocycles. The minimum Gasteiger partial charge on any atom is -0.453 e. The molecule has 28 heavy (non-hydrogen) atoms. The maximum Gasteiger partial charge on any atom is 0.282 e. The summed E-state index contributed by atoms with van der Waals surface area (Å²) in [6.07, 6.45) is 1.52. The molecule has 0 saturated heterocycles. The van der Waals surface area contributed by atoms with Crippen LogP contribution in [0.2, 0.25) is 0 Å². The third-order valence-corrected chi connectivity index (χ3v) is 5.40. The monoisotopic (exact) mass is 386 g/mol. The summed E-state index contributed by atoms with van der Waals surface area (Å²) in [4.78, 5) is 21.7. The van der Waals surface area contributed by atoms with Crippen LogP contribution in [-0.2, 0) is 0 Å². The summed E-state index contributed by atoms with van der Waals surface area (Å²) < 4.78 is 8.24. The molecule has 6 nitrogen and oxygen atoms in total. The summed E-state index contributed by atoms with van der Waals surface area (Å²) in [5, 5.41) is 5.62. The first-order chi connectivity index (χ1) is 13.7. The molecule has 0 fully saturated rings. The van der Waals surface area contributed by atoms with Gasteiger partial charge in [-0.2, -0.15) is 9.78 Å². The number of furan rings is 1. The predicted molar refractivity (Wildman–Crippen MR) is 111 cm³/mol. The van der Waals surface area contributed by atoms with E-state index in [2.05, 4.69) is 15.1 Å². The molecule has 7 heteroatoms. The molecule has 3 aromatic heterocycles. The summed E-state index contributed by atoms with van der Waals surface area (Å²) >= 11 is 1.57. The predicted octanol–water partition coefficient (Wildman–Crippen LogP) is 4.46. The van der Waals surface area contributed by atoms with Gasteiger partial charge in [-0.1, -0.05) is 24.3 Å². The standard InChI is InChI=1S/C21H14N4O2S/c1-13-23-16-7-3-2-6-15(16)21(26)25(13)22-12-14-10-11-18(27-14)20-24-17-8-4-5-9-19(17)28-20/h2-12H,1H3/b22-12-. The molecule has 136 valence electrons. The lowest BCUT2D eigenvalue weighted by molar-refractivity contribution is 0.573. The van der Waals surface area contributed by atoms with Gasteiger partial charge in [0.25, 0.3) is 5.56 Å². The van der Waals surface area contributed by atoms with Crippen LogP contribution in [0.5, 0.6) is 0 Å². The number of nitrogens with zero attached hydrogens (tertiary/aromatic N) is 4. The number of hydrogen-bond acceptors (Lipinski definition) is 6. The van der Waals surface area contributed by atoms with Crippen molar-refractivity contribution in [1.82, 2.24) is 14.6 Å². The number of fused-ring (bicyclic) bond motifs is 2.